The minimum atomic E-state index is -0.619. The van der Waals surface area contributed by atoms with E-state index in [1.54, 1.807) is 24.3 Å². The summed E-state index contributed by atoms with van der Waals surface area (Å²) in [4.78, 5) is 24.3. The van der Waals surface area contributed by atoms with Crippen LogP contribution in [0, 0.1) is 25.2 Å². The number of ether oxygens (including phenoxy) is 3. The summed E-state index contributed by atoms with van der Waals surface area (Å²) in [5.41, 5.74) is 3.11. The fourth-order valence-electron chi connectivity index (χ4n) is 3.01. The number of nitrogens with zero attached hydrogens (tertiary/aromatic N) is 2. The normalized spacial score (nSPS) is 10.6. The molecule has 0 radical (unpaired) electrons. The van der Waals surface area contributed by atoms with Gasteiger partial charge in [0.25, 0.3) is 0 Å². The number of nitriles is 1. The number of hydrogen-bond donors (Lipinski definition) is 0. The second-order valence-electron chi connectivity index (χ2n) is 6.25. The highest BCUT2D eigenvalue weighted by Crippen LogP contribution is 2.28. The predicted molar refractivity (Wildman–Crippen MR) is 108 cm³/mol. The molecule has 7 nitrogen and oxygen atoms in total. The third kappa shape index (κ3) is 5.48. The van der Waals surface area contributed by atoms with Crippen LogP contribution in [0.25, 0.3) is 6.08 Å². The Kier molecular flexibility index (Phi) is 7.61. The molecule has 152 valence electrons. The second kappa shape index (κ2) is 10.1. The van der Waals surface area contributed by atoms with Crippen LogP contribution in [0.5, 0.6) is 11.5 Å². The van der Waals surface area contributed by atoms with Crippen LogP contribution in [0.2, 0.25) is 0 Å². The molecular weight excluding hydrogens is 372 g/mol. The number of carbonyl (C=O) groups is 2. The van der Waals surface area contributed by atoms with Gasteiger partial charge in [0, 0.05) is 29.6 Å². The molecule has 1 aromatic heterocycles. The SMILES string of the molecule is CCn1c(C)cc(C(=O)COC(=O)/C=C/c2ccc(OCC#N)c(OC)c2)c1C. The van der Waals surface area contributed by atoms with Crippen molar-refractivity contribution in [2.75, 3.05) is 20.3 Å². The first-order valence-corrected chi connectivity index (χ1v) is 9.13. The number of carbonyl (C=O) groups excluding carboxylic acids is 2. The van der Waals surface area contributed by atoms with Gasteiger partial charge in [-0.3, -0.25) is 4.79 Å². The van der Waals surface area contributed by atoms with E-state index in [4.69, 9.17) is 19.5 Å². The van der Waals surface area contributed by atoms with Gasteiger partial charge in [0.15, 0.2) is 24.7 Å². The Morgan fingerprint density at radius 1 is 1.21 bits per heavy atom. The minimum absolute atomic E-state index is 0.0907. The van der Waals surface area contributed by atoms with Crippen LogP contribution in [0.4, 0.5) is 0 Å². The van der Waals surface area contributed by atoms with Crippen molar-refractivity contribution in [3.05, 3.63) is 52.9 Å². The average Bonchev–Trinajstić information content (AvgIpc) is 3.02. The molecule has 0 fully saturated rings. The van der Waals surface area contributed by atoms with Crippen LogP contribution in [-0.4, -0.2) is 36.6 Å². The van der Waals surface area contributed by atoms with E-state index in [0.717, 1.165) is 17.9 Å². The van der Waals surface area contributed by atoms with Gasteiger partial charge in [0.1, 0.15) is 6.07 Å². The molecule has 2 rings (SSSR count). The molecule has 0 atom stereocenters. The Morgan fingerprint density at radius 2 is 1.97 bits per heavy atom. The smallest absolute Gasteiger partial charge is 0.331 e. The number of aryl methyl sites for hydroxylation is 1. The summed E-state index contributed by atoms with van der Waals surface area (Å²) in [5.74, 6) is 0.0212. The van der Waals surface area contributed by atoms with Crippen LogP contribution in [0.15, 0.2) is 30.3 Å². The number of ketones is 1. The molecule has 0 aliphatic rings. The van der Waals surface area contributed by atoms with Gasteiger partial charge >= 0.3 is 5.97 Å². The highest BCUT2D eigenvalue weighted by Gasteiger charge is 2.16. The van der Waals surface area contributed by atoms with Crippen molar-refractivity contribution >= 4 is 17.8 Å². The summed E-state index contributed by atoms with van der Waals surface area (Å²) in [6.07, 6.45) is 2.79. The lowest BCUT2D eigenvalue weighted by molar-refractivity contribution is -0.136. The van der Waals surface area contributed by atoms with Gasteiger partial charge in [-0.05, 0) is 50.6 Å². The van der Waals surface area contributed by atoms with Crippen molar-refractivity contribution in [1.82, 2.24) is 4.57 Å². The summed E-state index contributed by atoms with van der Waals surface area (Å²) in [5, 5.41) is 8.59. The maximum atomic E-state index is 12.4. The van der Waals surface area contributed by atoms with Crippen LogP contribution in [0.3, 0.4) is 0 Å². The highest BCUT2D eigenvalue weighted by molar-refractivity contribution is 6.00. The van der Waals surface area contributed by atoms with Gasteiger partial charge in [0.05, 0.1) is 7.11 Å². The molecule has 2 aromatic rings. The van der Waals surface area contributed by atoms with E-state index in [9.17, 15) is 9.59 Å². The first-order valence-electron chi connectivity index (χ1n) is 9.13. The largest absolute Gasteiger partial charge is 0.493 e. The van der Waals surface area contributed by atoms with E-state index in [0.29, 0.717) is 22.6 Å². The van der Waals surface area contributed by atoms with Crippen LogP contribution >= 0.6 is 0 Å². The minimum Gasteiger partial charge on any atom is -0.493 e. The molecule has 0 amide bonds. The molecule has 29 heavy (non-hydrogen) atoms. The summed E-state index contributed by atoms with van der Waals surface area (Å²) in [6, 6.07) is 8.73. The lowest BCUT2D eigenvalue weighted by Crippen LogP contribution is -2.13. The van der Waals surface area contributed by atoms with Gasteiger partial charge in [-0.1, -0.05) is 6.07 Å². The molecule has 1 aromatic carbocycles. The van der Waals surface area contributed by atoms with Crippen molar-refractivity contribution in [2.24, 2.45) is 0 Å². The molecule has 0 aliphatic carbocycles. The van der Waals surface area contributed by atoms with Crippen LogP contribution in [0.1, 0.15) is 34.2 Å². The first kappa shape index (κ1) is 21.8. The average molecular weight is 396 g/mol. The second-order valence-corrected chi connectivity index (χ2v) is 6.25. The number of aromatic nitrogens is 1. The molecule has 0 bridgehead atoms. The zero-order chi connectivity index (χ0) is 21.4. The molecule has 0 N–H and O–H groups in total. The number of methoxy groups -OCH3 is 1. The third-order valence-electron chi connectivity index (χ3n) is 4.43. The zero-order valence-electron chi connectivity index (χ0n) is 17.0. The molecule has 0 saturated carbocycles. The Hall–Kier alpha value is -3.53. The standard InChI is InChI=1S/C22H24N2O5/c1-5-24-15(2)12-18(16(24)3)19(25)14-29-22(26)9-7-17-6-8-20(28-11-10-23)21(13-17)27-4/h6-9,12-13H,5,11,14H2,1-4H3/b9-7+. The molecule has 0 saturated heterocycles. The third-order valence-corrected chi connectivity index (χ3v) is 4.43. The number of rotatable bonds is 9. The van der Waals surface area contributed by atoms with E-state index in [-0.39, 0.29) is 19.0 Å². The maximum absolute atomic E-state index is 12.4. The van der Waals surface area contributed by atoms with Crippen molar-refractivity contribution in [2.45, 2.75) is 27.3 Å². The van der Waals surface area contributed by atoms with E-state index >= 15 is 0 Å². The number of hydrogen-bond acceptors (Lipinski definition) is 6. The lowest BCUT2D eigenvalue weighted by Gasteiger charge is -2.08. The van der Waals surface area contributed by atoms with Gasteiger partial charge in [-0.2, -0.15) is 5.26 Å². The van der Waals surface area contributed by atoms with Gasteiger partial charge in [0.2, 0.25) is 5.78 Å². The van der Waals surface area contributed by atoms with Crippen molar-refractivity contribution in [1.29, 1.82) is 5.26 Å². The maximum Gasteiger partial charge on any atom is 0.331 e. The highest BCUT2D eigenvalue weighted by atomic mass is 16.5. The van der Waals surface area contributed by atoms with Gasteiger partial charge in [-0.25, -0.2) is 4.79 Å². The summed E-state index contributed by atoms with van der Waals surface area (Å²) in [7, 11) is 1.48. The lowest BCUT2D eigenvalue weighted by atomic mass is 10.1. The molecule has 0 spiro atoms. The molecule has 0 aliphatic heterocycles. The topological polar surface area (TPSA) is 90.5 Å². The van der Waals surface area contributed by atoms with Crippen molar-refractivity contribution in [3.8, 4) is 17.6 Å². The zero-order valence-corrected chi connectivity index (χ0v) is 17.0. The Labute approximate surface area is 170 Å². The van der Waals surface area contributed by atoms with Crippen molar-refractivity contribution in [3.63, 3.8) is 0 Å². The first-order chi connectivity index (χ1) is 13.9. The molecule has 1 heterocycles. The van der Waals surface area contributed by atoms with E-state index in [2.05, 4.69) is 0 Å². The molecule has 0 unspecified atom stereocenters. The molecular formula is C22H24N2O5. The van der Waals surface area contributed by atoms with Crippen molar-refractivity contribution < 1.29 is 23.8 Å². The van der Waals surface area contributed by atoms with E-state index in [1.807, 2.05) is 37.5 Å². The van der Waals surface area contributed by atoms with E-state index in [1.165, 1.54) is 13.2 Å². The Balaban J connectivity index is 1.98. The predicted octanol–water partition coefficient (Wildman–Crippen LogP) is 3.48. The Bertz CT molecular complexity index is 966. The quantitative estimate of drug-likeness (QED) is 0.366. The van der Waals surface area contributed by atoms with Gasteiger partial charge < -0.3 is 18.8 Å². The van der Waals surface area contributed by atoms with Crippen LogP contribution in [-0.2, 0) is 16.1 Å². The van der Waals surface area contributed by atoms with Gasteiger partial charge in [-0.15, -0.1) is 0 Å². The molecule has 7 heteroatoms. The fourth-order valence-corrected chi connectivity index (χ4v) is 3.01. The number of esters is 1. The fraction of sp³-hybridized carbons (Fsp3) is 0.318. The number of benzene rings is 1. The monoisotopic (exact) mass is 396 g/mol. The number of Topliss-reactive ketones (excluding diaryl/α,β-unsaturated/α-hetero) is 1. The summed E-state index contributed by atoms with van der Waals surface area (Å²) in [6.45, 7) is 6.19. The summed E-state index contributed by atoms with van der Waals surface area (Å²) >= 11 is 0. The summed E-state index contributed by atoms with van der Waals surface area (Å²) < 4.78 is 17.6. The Morgan fingerprint density at radius 3 is 2.59 bits per heavy atom. The van der Waals surface area contributed by atoms with Crippen LogP contribution < -0.4 is 9.47 Å². The van der Waals surface area contributed by atoms with E-state index < -0.39 is 5.97 Å².